The Balaban J connectivity index is 2.40. The fraction of sp³-hybridized carbons (Fsp3) is 1.00. The molecule has 0 aliphatic carbocycles. The molecular formula is C17H34O2. The number of hydrogen-bond acceptors (Lipinski definition) is 2. The summed E-state index contributed by atoms with van der Waals surface area (Å²) in [6, 6.07) is 0. The van der Waals surface area contributed by atoms with Gasteiger partial charge >= 0.3 is 0 Å². The number of rotatable bonds is 7. The van der Waals surface area contributed by atoms with Crippen LogP contribution in [0.4, 0.5) is 0 Å². The standard InChI is InChI=1S/C17H34O2/c1-8-11(3)13(5)12(4)10-18-17-15(7)14(6)16(9-2)19-17/h11-17H,8-10H2,1-7H3/t11?,12?,13?,14-,15?,16-,17-/m1/s1. The van der Waals surface area contributed by atoms with Gasteiger partial charge in [-0.15, -0.1) is 0 Å². The molecule has 1 aliphatic heterocycles. The Bertz CT molecular complexity index is 254. The number of hydrogen-bond donors (Lipinski definition) is 0. The van der Waals surface area contributed by atoms with Crippen molar-refractivity contribution in [3.05, 3.63) is 0 Å². The lowest BCUT2D eigenvalue weighted by Gasteiger charge is -2.27. The largest absolute Gasteiger partial charge is 0.352 e. The topological polar surface area (TPSA) is 18.5 Å². The Kier molecular flexibility index (Phi) is 6.82. The zero-order valence-corrected chi connectivity index (χ0v) is 14.0. The molecule has 0 aromatic rings. The van der Waals surface area contributed by atoms with E-state index in [0.717, 1.165) is 18.9 Å². The molecule has 0 N–H and O–H groups in total. The normalized spacial score (nSPS) is 36.2. The molecule has 0 radical (unpaired) electrons. The Labute approximate surface area is 120 Å². The molecule has 0 aromatic carbocycles. The van der Waals surface area contributed by atoms with Crippen LogP contribution in [0.3, 0.4) is 0 Å². The van der Waals surface area contributed by atoms with Crippen LogP contribution in [0, 0.1) is 29.6 Å². The molecule has 1 aliphatic rings. The average Bonchev–Trinajstić information content (AvgIpc) is 2.70. The minimum atomic E-state index is 0.00605. The van der Waals surface area contributed by atoms with Crippen LogP contribution in [-0.2, 0) is 9.47 Å². The highest BCUT2D eigenvalue weighted by Crippen LogP contribution is 2.35. The molecule has 0 aromatic heterocycles. The first-order valence-corrected chi connectivity index (χ1v) is 8.19. The summed E-state index contributed by atoms with van der Waals surface area (Å²) in [7, 11) is 0. The Morgan fingerprint density at radius 1 is 1.00 bits per heavy atom. The van der Waals surface area contributed by atoms with Gasteiger partial charge in [-0.25, -0.2) is 0 Å². The van der Waals surface area contributed by atoms with E-state index in [1.54, 1.807) is 0 Å². The fourth-order valence-electron chi connectivity index (χ4n) is 3.00. The SMILES string of the molecule is CCC(C)C(C)C(C)CO[C@@H]1O[C@H](CC)[C@H](C)C1C. The van der Waals surface area contributed by atoms with Crippen LogP contribution in [0.2, 0.25) is 0 Å². The third-order valence-electron chi connectivity index (χ3n) is 5.52. The van der Waals surface area contributed by atoms with Gasteiger partial charge in [0.2, 0.25) is 0 Å². The zero-order chi connectivity index (χ0) is 14.6. The second-order valence-electron chi connectivity index (χ2n) is 6.72. The van der Waals surface area contributed by atoms with Crippen molar-refractivity contribution in [2.75, 3.05) is 6.61 Å². The van der Waals surface area contributed by atoms with Gasteiger partial charge in [-0.1, -0.05) is 54.9 Å². The van der Waals surface area contributed by atoms with Crippen LogP contribution in [0.5, 0.6) is 0 Å². The first kappa shape index (κ1) is 17.0. The highest BCUT2D eigenvalue weighted by atomic mass is 16.7. The van der Waals surface area contributed by atoms with Gasteiger partial charge in [0.15, 0.2) is 6.29 Å². The molecular weight excluding hydrogens is 236 g/mol. The van der Waals surface area contributed by atoms with Crippen molar-refractivity contribution in [2.24, 2.45) is 29.6 Å². The molecule has 1 rings (SSSR count). The molecule has 1 heterocycles. The van der Waals surface area contributed by atoms with Crippen LogP contribution >= 0.6 is 0 Å². The minimum Gasteiger partial charge on any atom is -0.352 e. The Morgan fingerprint density at radius 3 is 2.11 bits per heavy atom. The van der Waals surface area contributed by atoms with E-state index in [4.69, 9.17) is 9.47 Å². The molecule has 0 amide bonds. The summed E-state index contributed by atoms with van der Waals surface area (Å²) in [6.07, 6.45) is 2.72. The van der Waals surface area contributed by atoms with E-state index in [9.17, 15) is 0 Å². The molecule has 1 saturated heterocycles. The summed E-state index contributed by atoms with van der Waals surface area (Å²) in [5, 5.41) is 0. The first-order chi connectivity index (χ1) is 8.92. The first-order valence-electron chi connectivity index (χ1n) is 8.19. The van der Waals surface area contributed by atoms with E-state index in [-0.39, 0.29) is 6.29 Å². The van der Waals surface area contributed by atoms with Crippen LogP contribution < -0.4 is 0 Å². The molecule has 2 heteroatoms. The highest BCUT2D eigenvalue weighted by Gasteiger charge is 2.38. The maximum atomic E-state index is 6.07. The van der Waals surface area contributed by atoms with Gasteiger partial charge in [0.25, 0.3) is 0 Å². The molecule has 1 fully saturated rings. The minimum absolute atomic E-state index is 0.00605. The third-order valence-corrected chi connectivity index (χ3v) is 5.52. The predicted octanol–water partition coefficient (Wildman–Crippen LogP) is 4.73. The van der Waals surface area contributed by atoms with Crippen molar-refractivity contribution in [1.82, 2.24) is 0 Å². The van der Waals surface area contributed by atoms with Crippen molar-refractivity contribution >= 4 is 0 Å². The monoisotopic (exact) mass is 270 g/mol. The summed E-state index contributed by atoms with van der Waals surface area (Å²) < 4.78 is 12.1. The van der Waals surface area contributed by atoms with Crippen molar-refractivity contribution in [1.29, 1.82) is 0 Å². The van der Waals surface area contributed by atoms with Crippen LogP contribution in [0.1, 0.15) is 61.3 Å². The Hall–Kier alpha value is -0.0800. The summed E-state index contributed by atoms with van der Waals surface area (Å²) in [5.74, 6) is 3.19. The van der Waals surface area contributed by atoms with Gasteiger partial charge in [0, 0.05) is 5.92 Å². The Morgan fingerprint density at radius 2 is 1.63 bits per heavy atom. The van der Waals surface area contributed by atoms with Crippen molar-refractivity contribution < 1.29 is 9.47 Å². The summed E-state index contributed by atoms with van der Waals surface area (Å²) in [4.78, 5) is 0. The van der Waals surface area contributed by atoms with Gasteiger partial charge in [0.1, 0.15) is 0 Å². The van der Waals surface area contributed by atoms with Gasteiger partial charge < -0.3 is 9.47 Å². The summed E-state index contributed by atoms with van der Waals surface area (Å²) >= 11 is 0. The molecule has 2 nitrogen and oxygen atoms in total. The van der Waals surface area contributed by atoms with Crippen LogP contribution in [-0.4, -0.2) is 19.0 Å². The van der Waals surface area contributed by atoms with Crippen LogP contribution in [0.25, 0.3) is 0 Å². The molecule has 114 valence electrons. The fourth-order valence-corrected chi connectivity index (χ4v) is 3.00. The third kappa shape index (κ3) is 4.19. The van der Waals surface area contributed by atoms with E-state index >= 15 is 0 Å². The maximum absolute atomic E-state index is 6.07. The molecule has 19 heavy (non-hydrogen) atoms. The van der Waals surface area contributed by atoms with Crippen LogP contribution in [0.15, 0.2) is 0 Å². The lowest BCUT2D eigenvalue weighted by Crippen LogP contribution is -2.26. The van der Waals surface area contributed by atoms with Gasteiger partial charge in [-0.05, 0) is 30.1 Å². The molecule has 4 unspecified atom stereocenters. The van der Waals surface area contributed by atoms with E-state index in [1.165, 1.54) is 6.42 Å². The molecule has 7 atom stereocenters. The lowest BCUT2D eigenvalue weighted by atomic mass is 9.84. The second kappa shape index (κ2) is 7.64. The zero-order valence-electron chi connectivity index (χ0n) is 14.0. The summed E-state index contributed by atoms with van der Waals surface area (Å²) in [5.41, 5.74) is 0. The highest BCUT2D eigenvalue weighted by molar-refractivity contribution is 4.81. The van der Waals surface area contributed by atoms with Crippen molar-refractivity contribution in [3.8, 4) is 0 Å². The van der Waals surface area contributed by atoms with Gasteiger partial charge in [0.05, 0.1) is 12.7 Å². The van der Waals surface area contributed by atoms with E-state index in [2.05, 4.69) is 48.5 Å². The quantitative estimate of drug-likeness (QED) is 0.666. The molecule has 0 spiro atoms. The maximum Gasteiger partial charge on any atom is 0.160 e. The summed E-state index contributed by atoms with van der Waals surface area (Å²) in [6.45, 7) is 16.8. The van der Waals surface area contributed by atoms with Crippen molar-refractivity contribution in [2.45, 2.75) is 73.7 Å². The molecule has 0 bridgehead atoms. The predicted molar refractivity (Wildman–Crippen MR) is 81.0 cm³/mol. The van der Waals surface area contributed by atoms with Crippen molar-refractivity contribution in [3.63, 3.8) is 0 Å². The van der Waals surface area contributed by atoms with E-state index in [0.29, 0.717) is 29.8 Å². The smallest absolute Gasteiger partial charge is 0.160 e. The van der Waals surface area contributed by atoms with E-state index < -0.39 is 0 Å². The number of ether oxygens (including phenoxy) is 2. The van der Waals surface area contributed by atoms with E-state index in [1.807, 2.05) is 0 Å². The molecule has 0 saturated carbocycles. The lowest BCUT2D eigenvalue weighted by molar-refractivity contribution is -0.157. The average molecular weight is 270 g/mol. The van der Waals surface area contributed by atoms with Gasteiger partial charge in [-0.2, -0.15) is 0 Å². The second-order valence-corrected chi connectivity index (χ2v) is 6.72. The van der Waals surface area contributed by atoms with Gasteiger partial charge in [-0.3, -0.25) is 0 Å².